The molecule has 10 heteroatoms. The number of hydrogen-bond donors (Lipinski definition) is 0. The maximum absolute atomic E-state index is 13.1. The van der Waals surface area contributed by atoms with E-state index >= 15 is 0 Å². The van der Waals surface area contributed by atoms with E-state index in [1.165, 1.54) is 22.1 Å². The lowest BCUT2D eigenvalue weighted by atomic mass is 9.96. The molecule has 0 radical (unpaired) electrons. The summed E-state index contributed by atoms with van der Waals surface area (Å²) in [6.07, 6.45) is 6.52. The number of carbonyl (C=O) groups excluding carboxylic acids is 1. The number of nitrogens with zero attached hydrogens (tertiary/aromatic N) is 3. The fourth-order valence-corrected chi connectivity index (χ4v) is 7.47. The van der Waals surface area contributed by atoms with Crippen LogP contribution in [0.3, 0.4) is 0 Å². The first-order valence-electron chi connectivity index (χ1n) is 12.8. The van der Waals surface area contributed by atoms with Gasteiger partial charge in [-0.25, -0.2) is 13.4 Å². The molecule has 3 aromatic rings. The predicted octanol–water partition coefficient (Wildman–Crippen LogP) is 4.94. The van der Waals surface area contributed by atoms with Crippen molar-refractivity contribution in [2.75, 3.05) is 27.2 Å². The highest BCUT2D eigenvalue weighted by Gasteiger charge is 2.30. The van der Waals surface area contributed by atoms with Gasteiger partial charge in [-0.2, -0.15) is 4.31 Å². The smallest absolute Gasteiger partial charge is 0.274 e. The highest BCUT2D eigenvalue weighted by atomic mass is 32.2. The number of methoxy groups -OCH3 is 1. The van der Waals surface area contributed by atoms with Crippen LogP contribution in [0, 0.1) is 0 Å². The van der Waals surface area contributed by atoms with Gasteiger partial charge in [0.25, 0.3) is 11.1 Å². The molecule has 8 nitrogen and oxygen atoms in total. The molecule has 1 amide bonds. The van der Waals surface area contributed by atoms with Crippen LogP contribution in [0.1, 0.15) is 55.3 Å². The summed E-state index contributed by atoms with van der Waals surface area (Å²) in [4.78, 5) is 19.7. The van der Waals surface area contributed by atoms with Crippen molar-refractivity contribution in [1.82, 2.24) is 14.2 Å². The molecule has 198 valence electrons. The first-order chi connectivity index (χ1) is 17.8. The molecule has 1 saturated heterocycles. The average Bonchev–Trinajstić information content (AvgIpc) is 3.34. The number of carbonyl (C=O) groups is 1. The molecule has 1 aromatic heterocycles. The molecule has 0 bridgehead atoms. The second-order valence-electron chi connectivity index (χ2n) is 9.76. The van der Waals surface area contributed by atoms with Crippen molar-refractivity contribution < 1.29 is 22.7 Å². The predicted molar refractivity (Wildman–Crippen MR) is 144 cm³/mol. The number of benzene rings is 2. The van der Waals surface area contributed by atoms with E-state index in [2.05, 4.69) is 4.98 Å². The van der Waals surface area contributed by atoms with Crippen molar-refractivity contribution in [3.63, 3.8) is 0 Å². The zero-order chi connectivity index (χ0) is 26.0. The third-order valence-electron chi connectivity index (χ3n) is 7.44. The van der Waals surface area contributed by atoms with Gasteiger partial charge in [0.05, 0.1) is 22.2 Å². The molecule has 2 aliphatic rings. The normalized spacial score (nSPS) is 17.9. The fourth-order valence-electron chi connectivity index (χ4n) is 5.14. The molecule has 2 heterocycles. The van der Waals surface area contributed by atoms with Crippen molar-refractivity contribution in [3.8, 4) is 10.9 Å². The Labute approximate surface area is 222 Å². The minimum atomic E-state index is -3.58. The molecule has 0 spiro atoms. The molecule has 2 fully saturated rings. The summed E-state index contributed by atoms with van der Waals surface area (Å²) < 4.78 is 40.1. The summed E-state index contributed by atoms with van der Waals surface area (Å²) in [7, 11) is -0.268. The van der Waals surface area contributed by atoms with E-state index in [-0.39, 0.29) is 22.9 Å². The van der Waals surface area contributed by atoms with Gasteiger partial charge in [0.15, 0.2) is 0 Å². The van der Waals surface area contributed by atoms with E-state index in [0.717, 1.165) is 41.6 Å². The van der Waals surface area contributed by atoms with Crippen molar-refractivity contribution in [3.05, 3.63) is 48.0 Å². The third-order valence-corrected chi connectivity index (χ3v) is 10.3. The molecule has 5 rings (SSSR count). The molecule has 2 aromatic carbocycles. The molecule has 1 aliphatic heterocycles. The van der Waals surface area contributed by atoms with Crippen molar-refractivity contribution in [1.29, 1.82) is 0 Å². The van der Waals surface area contributed by atoms with Crippen LogP contribution in [0.15, 0.2) is 47.4 Å². The van der Waals surface area contributed by atoms with Crippen LogP contribution in [-0.4, -0.2) is 67.9 Å². The summed E-state index contributed by atoms with van der Waals surface area (Å²) in [5, 5.41) is 0.628. The minimum absolute atomic E-state index is 0.00523. The highest BCUT2D eigenvalue weighted by molar-refractivity contribution is 7.89. The van der Waals surface area contributed by atoms with E-state index in [9.17, 15) is 13.2 Å². The van der Waals surface area contributed by atoms with E-state index < -0.39 is 10.0 Å². The lowest BCUT2D eigenvalue weighted by molar-refractivity contribution is 0.0595. The number of fused-ring (bicyclic) bond motifs is 1. The minimum Gasteiger partial charge on any atom is -0.497 e. The Hall–Kier alpha value is -2.69. The SMILES string of the molecule is COc1ccc2nc(OC3CCN(C(=O)c4ccc(S(=O)(=O)N(C)C5CCCCC5)cc4)CC3)sc2c1. The molecule has 1 saturated carbocycles. The van der Waals surface area contributed by atoms with Gasteiger partial charge in [0.2, 0.25) is 10.0 Å². The quantitative estimate of drug-likeness (QED) is 0.419. The van der Waals surface area contributed by atoms with Gasteiger partial charge < -0.3 is 14.4 Å². The Morgan fingerprint density at radius 1 is 1.03 bits per heavy atom. The summed E-state index contributed by atoms with van der Waals surface area (Å²) in [5.74, 6) is 0.700. The molecule has 0 N–H and O–H groups in total. The second-order valence-corrected chi connectivity index (χ2v) is 12.8. The summed E-state index contributed by atoms with van der Waals surface area (Å²) >= 11 is 1.49. The number of amides is 1. The first-order valence-corrected chi connectivity index (χ1v) is 15.1. The number of rotatable bonds is 7. The number of piperidine rings is 1. The number of ether oxygens (including phenoxy) is 2. The van der Waals surface area contributed by atoms with Crippen LogP contribution in [-0.2, 0) is 10.0 Å². The van der Waals surface area contributed by atoms with Gasteiger partial charge in [-0.05, 0) is 55.3 Å². The maximum atomic E-state index is 13.1. The average molecular weight is 544 g/mol. The zero-order valence-electron chi connectivity index (χ0n) is 21.3. The Bertz CT molecular complexity index is 1340. The van der Waals surface area contributed by atoms with Crippen LogP contribution >= 0.6 is 11.3 Å². The van der Waals surface area contributed by atoms with Crippen LogP contribution < -0.4 is 9.47 Å². The van der Waals surface area contributed by atoms with Crippen molar-refractivity contribution in [2.24, 2.45) is 0 Å². The number of thiazole rings is 1. The lowest BCUT2D eigenvalue weighted by Crippen LogP contribution is -2.41. The Morgan fingerprint density at radius 2 is 1.73 bits per heavy atom. The van der Waals surface area contributed by atoms with E-state index in [4.69, 9.17) is 9.47 Å². The monoisotopic (exact) mass is 543 g/mol. The van der Waals surface area contributed by atoms with E-state index in [1.807, 2.05) is 18.2 Å². The number of sulfonamides is 1. The lowest BCUT2D eigenvalue weighted by Gasteiger charge is -2.32. The fraction of sp³-hybridized carbons (Fsp3) is 0.481. The summed E-state index contributed by atoms with van der Waals surface area (Å²) in [6, 6.07) is 12.2. The zero-order valence-corrected chi connectivity index (χ0v) is 22.9. The number of aromatic nitrogens is 1. The second kappa shape index (κ2) is 11.0. The Morgan fingerprint density at radius 3 is 2.41 bits per heavy atom. The Balaban J connectivity index is 1.17. The largest absolute Gasteiger partial charge is 0.497 e. The summed E-state index contributed by atoms with van der Waals surface area (Å²) in [5.41, 5.74) is 1.38. The maximum Gasteiger partial charge on any atom is 0.274 e. The van der Waals surface area contributed by atoms with Gasteiger partial charge in [-0.3, -0.25) is 4.79 Å². The number of likely N-dealkylation sites (tertiary alicyclic amines) is 1. The van der Waals surface area contributed by atoms with Gasteiger partial charge in [0.1, 0.15) is 11.9 Å². The highest BCUT2D eigenvalue weighted by Crippen LogP contribution is 2.32. The molecule has 0 atom stereocenters. The molecule has 37 heavy (non-hydrogen) atoms. The van der Waals surface area contributed by atoms with Crippen molar-refractivity contribution >= 4 is 37.5 Å². The van der Waals surface area contributed by atoms with Gasteiger partial charge in [-0.15, -0.1) is 0 Å². The van der Waals surface area contributed by atoms with E-state index in [0.29, 0.717) is 36.7 Å². The molecular formula is C27H33N3O5S2. The van der Waals surface area contributed by atoms with Gasteiger partial charge >= 0.3 is 0 Å². The third kappa shape index (κ3) is 5.61. The summed E-state index contributed by atoms with van der Waals surface area (Å²) in [6.45, 7) is 1.15. The van der Waals surface area contributed by atoms with E-state index in [1.54, 1.807) is 43.3 Å². The molecule has 1 aliphatic carbocycles. The van der Waals surface area contributed by atoms with Crippen LogP contribution in [0.2, 0.25) is 0 Å². The number of hydrogen-bond acceptors (Lipinski definition) is 7. The Kier molecular flexibility index (Phi) is 7.69. The van der Waals surface area contributed by atoms with Gasteiger partial charge in [-0.1, -0.05) is 30.6 Å². The first kappa shape index (κ1) is 25.9. The standard InChI is InChI=1S/C27H33N3O5S2/c1-29(20-6-4-3-5-7-20)37(32,33)23-11-8-19(9-12-23)26(31)30-16-14-21(15-17-30)35-27-28-24-13-10-22(34-2)18-25(24)36-27/h8-13,18,20-21H,3-7,14-17H2,1-2H3. The topological polar surface area (TPSA) is 89.0 Å². The van der Waals surface area contributed by atoms with Crippen LogP contribution in [0.5, 0.6) is 10.9 Å². The van der Waals surface area contributed by atoms with Crippen LogP contribution in [0.25, 0.3) is 10.2 Å². The van der Waals surface area contributed by atoms with Crippen LogP contribution in [0.4, 0.5) is 0 Å². The van der Waals surface area contributed by atoms with Gasteiger partial charge in [0, 0.05) is 44.6 Å². The molecular weight excluding hydrogens is 510 g/mol. The van der Waals surface area contributed by atoms with Crippen molar-refractivity contribution in [2.45, 2.75) is 62.0 Å². The molecule has 0 unspecified atom stereocenters.